The van der Waals surface area contributed by atoms with Gasteiger partial charge in [-0.3, -0.25) is 0 Å². The van der Waals surface area contributed by atoms with Crippen molar-refractivity contribution in [3.8, 4) is 0 Å². The second kappa shape index (κ2) is 5.64. The van der Waals surface area contributed by atoms with Gasteiger partial charge in [0.2, 0.25) is 5.09 Å². The molecule has 19 heavy (non-hydrogen) atoms. The van der Waals surface area contributed by atoms with E-state index in [0.717, 1.165) is 12.8 Å². The van der Waals surface area contributed by atoms with Gasteiger partial charge in [-0.1, -0.05) is 6.92 Å². The van der Waals surface area contributed by atoms with Gasteiger partial charge in [-0.25, -0.2) is 8.42 Å². The topological polar surface area (TPSA) is 62.6 Å². The molecule has 2 unspecified atom stereocenters. The molecule has 0 saturated carbocycles. The molecule has 2 rings (SSSR count). The first-order valence-corrected chi connectivity index (χ1v) is 8.14. The zero-order valence-corrected chi connectivity index (χ0v) is 12.5. The summed E-state index contributed by atoms with van der Waals surface area (Å²) >= 11 is 0. The maximum absolute atomic E-state index is 12.6. The number of hydrogen-bond acceptors (Lipinski definition) is 4. The molecule has 1 N–H and O–H groups in total. The maximum Gasteiger partial charge on any atom is 0.276 e. The number of sulfonamides is 1. The van der Waals surface area contributed by atoms with Crippen LogP contribution in [0.15, 0.2) is 21.6 Å². The number of rotatable bonds is 4. The molecule has 1 saturated heterocycles. The van der Waals surface area contributed by atoms with Crippen molar-refractivity contribution in [1.82, 2.24) is 9.62 Å². The van der Waals surface area contributed by atoms with Crippen molar-refractivity contribution in [2.45, 2.75) is 44.4 Å². The van der Waals surface area contributed by atoms with E-state index in [4.69, 9.17) is 4.42 Å². The molecule has 1 aliphatic rings. The van der Waals surface area contributed by atoms with Crippen molar-refractivity contribution in [2.75, 3.05) is 13.6 Å². The number of hydrogen-bond donors (Lipinski definition) is 1. The van der Waals surface area contributed by atoms with Crippen molar-refractivity contribution in [1.29, 1.82) is 0 Å². The maximum atomic E-state index is 12.6. The first-order chi connectivity index (χ1) is 8.95. The molecule has 1 fully saturated rings. The molecule has 6 heteroatoms. The molecule has 0 radical (unpaired) electrons. The summed E-state index contributed by atoms with van der Waals surface area (Å²) < 4.78 is 32.2. The standard InChI is InChI=1S/C13H22N2O3S/c1-10-4-5-11(2)15(9-10)19(16,17)13-7-6-12(18-13)8-14-3/h6-7,10-11,14H,4-5,8-9H2,1-3H3. The number of nitrogens with zero attached hydrogens (tertiary/aromatic N) is 1. The van der Waals surface area contributed by atoms with Crippen LogP contribution in [0.5, 0.6) is 0 Å². The predicted molar refractivity (Wildman–Crippen MR) is 73.2 cm³/mol. The van der Waals surface area contributed by atoms with Gasteiger partial charge >= 0.3 is 0 Å². The fourth-order valence-electron chi connectivity index (χ4n) is 2.46. The van der Waals surface area contributed by atoms with Gasteiger partial charge in [0.05, 0.1) is 6.54 Å². The first-order valence-electron chi connectivity index (χ1n) is 6.70. The van der Waals surface area contributed by atoms with Gasteiger partial charge in [0.15, 0.2) is 0 Å². The van der Waals surface area contributed by atoms with E-state index in [1.165, 1.54) is 0 Å². The molecule has 1 aromatic rings. The predicted octanol–water partition coefficient (Wildman–Crippen LogP) is 1.81. The van der Waals surface area contributed by atoms with Gasteiger partial charge in [-0.15, -0.1) is 0 Å². The minimum Gasteiger partial charge on any atom is -0.447 e. The van der Waals surface area contributed by atoms with Crippen LogP contribution in [0, 0.1) is 5.92 Å². The monoisotopic (exact) mass is 286 g/mol. The van der Waals surface area contributed by atoms with Crippen molar-refractivity contribution >= 4 is 10.0 Å². The third kappa shape index (κ3) is 3.01. The van der Waals surface area contributed by atoms with Crippen molar-refractivity contribution in [3.63, 3.8) is 0 Å². The van der Waals surface area contributed by atoms with Crippen LogP contribution in [0.2, 0.25) is 0 Å². The fraction of sp³-hybridized carbons (Fsp3) is 0.692. The average Bonchev–Trinajstić information content (AvgIpc) is 2.82. The van der Waals surface area contributed by atoms with Gasteiger partial charge in [0.1, 0.15) is 5.76 Å². The fourth-order valence-corrected chi connectivity index (χ4v) is 4.18. The number of furan rings is 1. The average molecular weight is 286 g/mol. The SMILES string of the molecule is CNCc1ccc(S(=O)(=O)N2CC(C)CCC2C)o1. The zero-order chi connectivity index (χ0) is 14.0. The van der Waals surface area contributed by atoms with E-state index in [9.17, 15) is 8.42 Å². The molecule has 1 aromatic heterocycles. The van der Waals surface area contributed by atoms with Crippen LogP contribution in [-0.4, -0.2) is 32.4 Å². The molecule has 0 aromatic carbocycles. The third-order valence-corrected chi connectivity index (χ3v) is 5.47. The summed E-state index contributed by atoms with van der Waals surface area (Å²) in [6.45, 7) is 5.15. The lowest BCUT2D eigenvalue weighted by Gasteiger charge is -2.34. The number of nitrogens with one attached hydrogen (secondary N) is 1. The lowest BCUT2D eigenvalue weighted by Crippen LogP contribution is -2.44. The lowest BCUT2D eigenvalue weighted by atomic mass is 9.97. The Morgan fingerprint density at radius 2 is 2.11 bits per heavy atom. The molecule has 0 bridgehead atoms. The summed E-state index contributed by atoms with van der Waals surface area (Å²) in [5.74, 6) is 1.04. The Hall–Kier alpha value is -0.850. The van der Waals surface area contributed by atoms with E-state index in [2.05, 4.69) is 12.2 Å². The van der Waals surface area contributed by atoms with Gasteiger partial charge < -0.3 is 9.73 Å². The van der Waals surface area contributed by atoms with E-state index < -0.39 is 10.0 Å². The van der Waals surface area contributed by atoms with Crippen LogP contribution in [-0.2, 0) is 16.6 Å². The number of piperidine rings is 1. The minimum atomic E-state index is -3.50. The molecule has 0 spiro atoms. The quantitative estimate of drug-likeness (QED) is 0.917. The van der Waals surface area contributed by atoms with Crippen molar-refractivity contribution < 1.29 is 12.8 Å². The highest BCUT2D eigenvalue weighted by atomic mass is 32.2. The second-order valence-corrected chi connectivity index (χ2v) is 7.18. The van der Waals surface area contributed by atoms with Crippen molar-refractivity contribution in [3.05, 3.63) is 17.9 Å². The van der Waals surface area contributed by atoms with Gasteiger partial charge in [-0.05, 0) is 44.9 Å². The van der Waals surface area contributed by atoms with Crippen LogP contribution >= 0.6 is 0 Å². The summed E-state index contributed by atoms with van der Waals surface area (Å²) in [5.41, 5.74) is 0. The molecular weight excluding hydrogens is 264 g/mol. The Labute approximate surface area is 115 Å². The van der Waals surface area contributed by atoms with E-state index in [0.29, 0.717) is 24.8 Å². The normalized spacial score (nSPS) is 25.6. The largest absolute Gasteiger partial charge is 0.447 e. The Morgan fingerprint density at radius 3 is 2.79 bits per heavy atom. The Kier molecular flexibility index (Phi) is 4.32. The van der Waals surface area contributed by atoms with Gasteiger partial charge in [0, 0.05) is 12.6 Å². The Bertz CT molecular complexity index is 524. The third-order valence-electron chi connectivity index (χ3n) is 3.61. The van der Waals surface area contributed by atoms with E-state index >= 15 is 0 Å². The van der Waals surface area contributed by atoms with Crippen LogP contribution in [0.4, 0.5) is 0 Å². The summed E-state index contributed by atoms with van der Waals surface area (Å²) in [4.78, 5) is 0. The van der Waals surface area contributed by atoms with E-state index in [1.54, 1.807) is 23.5 Å². The highest BCUT2D eigenvalue weighted by Crippen LogP contribution is 2.28. The molecule has 0 aliphatic carbocycles. The minimum absolute atomic E-state index is 0.0408. The summed E-state index contributed by atoms with van der Waals surface area (Å²) in [6, 6.07) is 3.30. The summed E-state index contributed by atoms with van der Waals surface area (Å²) in [5, 5.41) is 3.00. The summed E-state index contributed by atoms with van der Waals surface area (Å²) in [7, 11) is -1.71. The van der Waals surface area contributed by atoms with Crippen LogP contribution in [0.25, 0.3) is 0 Å². The molecule has 2 atom stereocenters. The van der Waals surface area contributed by atoms with Crippen LogP contribution in [0.1, 0.15) is 32.4 Å². The van der Waals surface area contributed by atoms with Crippen LogP contribution in [0.3, 0.4) is 0 Å². The Morgan fingerprint density at radius 1 is 1.37 bits per heavy atom. The summed E-state index contributed by atoms with van der Waals surface area (Å²) in [6.07, 6.45) is 1.99. The van der Waals surface area contributed by atoms with Gasteiger partial charge in [0.25, 0.3) is 10.0 Å². The second-order valence-electron chi connectivity index (χ2n) is 5.36. The Balaban J connectivity index is 2.24. The molecule has 5 nitrogen and oxygen atoms in total. The molecule has 0 amide bonds. The smallest absolute Gasteiger partial charge is 0.276 e. The van der Waals surface area contributed by atoms with E-state index in [-0.39, 0.29) is 11.1 Å². The molecule has 1 aliphatic heterocycles. The highest BCUT2D eigenvalue weighted by molar-refractivity contribution is 7.89. The van der Waals surface area contributed by atoms with Crippen molar-refractivity contribution in [2.24, 2.45) is 5.92 Å². The molecule has 2 heterocycles. The zero-order valence-electron chi connectivity index (χ0n) is 11.7. The van der Waals surface area contributed by atoms with Crippen LogP contribution < -0.4 is 5.32 Å². The molecule has 108 valence electrons. The molecular formula is C13H22N2O3S. The lowest BCUT2D eigenvalue weighted by molar-refractivity contribution is 0.213. The van der Waals surface area contributed by atoms with Gasteiger partial charge in [-0.2, -0.15) is 4.31 Å². The highest BCUT2D eigenvalue weighted by Gasteiger charge is 2.35. The van der Waals surface area contributed by atoms with E-state index in [1.807, 2.05) is 6.92 Å². The first kappa shape index (κ1) is 14.6.